The first kappa shape index (κ1) is 25.5. The van der Waals surface area contributed by atoms with E-state index in [2.05, 4.69) is 104 Å². The van der Waals surface area contributed by atoms with E-state index in [1.165, 1.54) is 5.57 Å². The van der Waals surface area contributed by atoms with E-state index in [1.54, 1.807) is 0 Å². The Balaban J connectivity index is 1.35. The Labute approximate surface area is 231 Å². The fourth-order valence-corrected chi connectivity index (χ4v) is 5.17. The second-order valence-corrected chi connectivity index (χ2v) is 11.3. The highest BCUT2D eigenvalue weighted by Crippen LogP contribution is 2.38. The third-order valence-electron chi connectivity index (χ3n) is 8.22. The molecule has 5 heteroatoms. The highest BCUT2D eigenvalue weighted by molar-refractivity contribution is 6.63. The molecule has 1 aliphatic heterocycles. The fourth-order valence-electron chi connectivity index (χ4n) is 5.17. The van der Waals surface area contributed by atoms with Crippen LogP contribution in [-0.4, -0.2) is 28.3 Å². The predicted octanol–water partition coefficient (Wildman–Crippen LogP) is 7.24. The summed E-state index contributed by atoms with van der Waals surface area (Å²) >= 11 is 0. The van der Waals surface area contributed by atoms with Gasteiger partial charge in [-0.05, 0) is 86.1 Å². The van der Waals surface area contributed by atoms with Gasteiger partial charge < -0.3 is 9.31 Å². The van der Waals surface area contributed by atoms with Crippen LogP contribution in [0.3, 0.4) is 0 Å². The van der Waals surface area contributed by atoms with Gasteiger partial charge in [-0.3, -0.25) is 9.97 Å². The Bertz CT molecular complexity index is 1510. The highest BCUT2D eigenvalue weighted by Gasteiger charge is 2.52. The van der Waals surface area contributed by atoms with Crippen molar-refractivity contribution in [3.63, 3.8) is 0 Å². The second-order valence-electron chi connectivity index (χ2n) is 11.3. The molecular weight excluding hydrogens is 479 g/mol. The average Bonchev–Trinajstić information content (AvgIpc) is 3.20. The van der Waals surface area contributed by atoms with Gasteiger partial charge in [0, 0.05) is 29.6 Å². The fraction of sp³-hybridized carbons (Fsp3) is 0.235. The van der Waals surface area contributed by atoms with Crippen molar-refractivity contribution in [3.05, 3.63) is 121 Å². The summed E-state index contributed by atoms with van der Waals surface area (Å²) in [5, 5.41) is 0. The molecule has 1 fully saturated rings. The molecule has 1 atom stereocenters. The normalized spacial score (nSPS) is 19.6. The molecular formula is C34H33BN2O2. The van der Waals surface area contributed by atoms with Gasteiger partial charge in [-0.1, -0.05) is 72.8 Å². The Kier molecular flexibility index (Phi) is 6.58. The lowest BCUT2D eigenvalue weighted by Gasteiger charge is -2.32. The number of pyridine rings is 2. The number of rotatable bonds is 5. The molecule has 0 N–H and O–H groups in total. The lowest BCUT2D eigenvalue weighted by Crippen LogP contribution is -2.41. The van der Waals surface area contributed by atoms with E-state index in [4.69, 9.17) is 9.31 Å². The Morgan fingerprint density at radius 3 is 2.03 bits per heavy atom. The van der Waals surface area contributed by atoms with Crippen LogP contribution < -0.4 is 5.46 Å². The summed E-state index contributed by atoms with van der Waals surface area (Å²) in [6.45, 7) is 8.41. The summed E-state index contributed by atoms with van der Waals surface area (Å²) in [5.74, 6) is 0.284. The molecule has 1 saturated heterocycles. The summed E-state index contributed by atoms with van der Waals surface area (Å²) in [6.07, 6.45) is 11.4. The Morgan fingerprint density at radius 2 is 1.41 bits per heavy atom. The quantitative estimate of drug-likeness (QED) is 0.265. The van der Waals surface area contributed by atoms with Crippen molar-refractivity contribution >= 4 is 18.2 Å². The maximum atomic E-state index is 6.55. The van der Waals surface area contributed by atoms with Crippen LogP contribution in [0.2, 0.25) is 0 Å². The van der Waals surface area contributed by atoms with Crippen molar-refractivity contribution in [2.45, 2.75) is 51.2 Å². The first-order valence-corrected chi connectivity index (χ1v) is 13.6. The maximum absolute atomic E-state index is 6.55. The van der Waals surface area contributed by atoms with Gasteiger partial charge in [0.15, 0.2) is 0 Å². The molecule has 2 aliphatic rings. The molecule has 2 aromatic heterocycles. The van der Waals surface area contributed by atoms with E-state index in [0.29, 0.717) is 0 Å². The summed E-state index contributed by atoms with van der Waals surface area (Å²) in [5.41, 5.74) is 7.96. The van der Waals surface area contributed by atoms with E-state index in [9.17, 15) is 0 Å². The zero-order chi connectivity index (χ0) is 27.0. The van der Waals surface area contributed by atoms with E-state index >= 15 is 0 Å². The van der Waals surface area contributed by atoms with Crippen LogP contribution in [0.4, 0.5) is 0 Å². The summed E-state index contributed by atoms with van der Waals surface area (Å²) in [6, 6.07) is 27.3. The van der Waals surface area contributed by atoms with Crippen LogP contribution in [0.25, 0.3) is 28.0 Å². The van der Waals surface area contributed by atoms with Crippen molar-refractivity contribution in [2.24, 2.45) is 0 Å². The number of hydrogen-bond donors (Lipinski definition) is 0. The number of hydrogen-bond acceptors (Lipinski definition) is 4. The number of benzene rings is 2. The van der Waals surface area contributed by atoms with Crippen LogP contribution in [0.1, 0.15) is 51.3 Å². The number of nitrogens with zero attached hydrogens (tertiary/aromatic N) is 2. The molecule has 4 nitrogen and oxygen atoms in total. The molecule has 0 radical (unpaired) electrons. The first-order chi connectivity index (χ1) is 18.8. The molecule has 194 valence electrons. The zero-order valence-electron chi connectivity index (χ0n) is 23.0. The lowest BCUT2D eigenvalue weighted by atomic mass is 9.72. The SMILES string of the molecule is CC1(C)OB(c2cc(-c3ccc(-c4ccccn4)cc3)ccc2C2=CCC(c3ccccn3)C=C2)OC1(C)C. The molecule has 0 saturated carbocycles. The molecule has 39 heavy (non-hydrogen) atoms. The second kappa shape index (κ2) is 10.1. The van der Waals surface area contributed by atoms with Crippen molar-refractivity contribution in [1.82, 2.24) is 9.97 Å². The highest BCUT2D eigenvalue weighted by atomic mass is 16.7. The van der Waals surface area contributed by atoms with Crippen LogP contribution in [0.15, 0.2) is 109 Å². The molecule has 1 aliphatic carbocycles. The van der Waals surface area contributed by atoms with E-state index in [1.807, 2.05) is 42.7 Å². The average molecular weight is 512 g/mol. The third kappa shape index (κ3) is 5.00. The van der Waals surface area contributed by atoms with Gasteiger partial charge in [0.25, 0.3) is 0 Å². The summed E-state index contributed by atoms with van der Waals surface area (Å²) in [4.78, 5) is 9.04. The van der Waals surface area contributed by atoms with E-state index in [-0.39, 0.29) is 5.92 Å². The molecule has 6 rings (SSSR count). The predicted molar refractivity (Wildman–Crippen MR) is 160 cm³/mol. The van der Waals surface area contributed by atoms with Gasteiger partial charge >= 0.3 is 7.12 Å². The molecule has 0 spiro atoms. The van der Waals surface area contributed by atoms with Crippen LogP contribution in [-0.2, 0) is 9.31 Å². The Morgan fingerprint density at radius 1 is 0.744 bits per heavy atom. The van der Waals surface area contributed by atoms with Crippen LogP contribution in [0.5, 0.6) is 0 Å². The Hall–Kier alpha value is -3.80. The minimum atomic E-state index is -0.458. The maximum Gasteiger partial charge on any atom is 0.495 e. The monoisotopic (exact) mass is 512 g/mol. The number of allylic oxidation sites excluding steroid dienone is 4. The van der Waals surface area contributed by atoms with E-state index < -0.39 is 18.3 Å². The van der Waals surface area contributed by atoms with E-state index in [0.717, 1.165) is 45.5 Å². The van der Waals surface area contributed by atoms with Crippen LogP contribution in [0, 0.1) is 0 Å². The van der Waals surface area contributed by atoms with Gasteiger partial charge in [-0.2, -0.15) is 0 Å². The smallest absolute Gasteiger partial charge is 0.399 e. The van der Waals surface area contributed by atoms with Gasteiger partial charge in [0.2, 0.25) is 0 Å². The molecule has 1 unspecified atom stereocenters. The third-order valence-corrected chi connectivity index (χ3v) is 8.22. The lowest BCUT2D eigenvalue weighted by molar-refractivity contribution is 0.00578. The molecule has 3 heterocycles. The molecule has 4 aromatic rings. The topological polar surface area (TPSA) is 44.2 Å². The largest absolute Gasteiger partial charge is 0.495 e. The van der Waals surface area contributed by atoms with Gasteiger partial charge in [-0.15, -0.1) is 0 Å². The molecule has 2 aromatic carbocycles. The van der Waals surface area contributed by atoms with Crippen molar-refractivity contribution in [1.29, 1.82) is 0 Å². The molecule has 0 bridgehead atoms. The first-order valence-electron chi connectivity index (χ1n) is 13.6. The van der Waals surface area contributed by atoms with Gasteiger partial charge in [-0.25, -0.2) is 0 Å². The number of aromatic nitrogens is 2. The molecule has 0 amide bonds. The standard InChI is InChI=1S/C34H33BN2O2/c1-33(2)34(3,4)39-35(38-33)30-23-28(24-11-15-26(16-12-24)31-9-5-7-21-36-31)19-20-29(30)25-13-17-27(18-14-25)32-10-6-8-22-37-32/h5-17,19-23,27H,18H2,1-4H3. The zero-order valence-corrected chi connectivity index (χ0v) is 23.0. The van der Waals surface area contributed by atoms with Crippen molar-refractivity contribution < 1.29 is 9.31 Å². The van der Waals surface area contributed by atoms with Crippen molar-refractivity contribution in [2.75, 3.05) is 0 Å². The summed E-state index contributed by atoms with van der Waals surface area (Å²) < 4.78 is 13.1. The minimum absolute atomic E-state index is 0.284. The van der Waals surface area contributed by atoms with Gasteiger partial charge in [0.05, 0.1) is 16.9 Å². The van der Waals surface area contributed by atoms with Crippen LogP contribution >= 0.6 is 0 Å². The van der Waals surface area contributed by atoms with Gasteiger partial charge in [0.1, 0.15) is 0 Å². The summed E-state index contributed by atoms with van der Waals surface area (Å²) in [7, 11) is -0.458. The van der Waals surface area contributed by atoms with Crippen molar-refractivity contribution in [3.8, 4) is 22.4 Å². The minimum Gasteiger partial charge on any atom is -0.399 e.